The first-order chi connectivity index (χ1) is 16.4. The highest BCUT2D eigenvalue weighted by atomic mass is 35.5. The van der Waals surface area contributed by atoms with Crippen LogP contribution in [0, 0.1) is 0 Å². The molecule has 1 aliphatic rings. The van der Waals surface area contributed by atoms with Gasteiger partial charge in [-0.1, -0.05) is 55.6 Å². The van der Waals surface area contributed by atoms with Crippen molar-refractivity contribution >= 4 is 24.6 Å². The molecule has 0 amide bonds. The van der Waals surface area contributed by atoms with Gasteiger partial charge in [-0.25, -0.2) is 4.98 Å². The lowest BCUT2D eigenvalue weighted by Gasteiger charge is -2.30. The average Bonchev–Trinajstić information content (AvgIpc) is 3.26. The molecule has 1 aliphatic heterocycles. The quantitative estimate of drug-likeness (QED) is 0.406. The van der Waals surface area contributed by atoms with Crippen LogP contribution in [0.1, 0.15) is 61.8 Å². The summed E-state index contributed by atoms with van der Waals surface area (Å²) in [6, 6.07) is 9.17. The van der Waals surface area contributed by atoms with Crippen LogP contribution in [-0.4, -0.2) is 45.4 Å². The minimum Gasteiger partial charge on any atom is -0.345 e. The second-order valence-corrected chi connectivity index (χ2v) is 8.89. The first kappa shape index (κ1) is 26.6. The molecular formula is C25H32ClFN6O2. The molecule has 0 aliphatic carbocycles. The van der Waals surface area contributed by atoms with E-state index in [1.54, 1.807) is 24.3 Å². The van der Waals surface area contributed by atoms with E-state index in [9.17, 15) is 9.59 Å². The largest absolute Gasteiger partial charge is 0.345 e. The van der Waals surface area contributed by atoms with E-state index in [-0.39, 0.29) is 45.8 Å². The molecule has 3 aromatic rings. The average molecular weight is 503 g/mol. The molecule has 2 unspecified atom stereocenters. The Morgan fingerprint density at radius 2 is 1.89 bits per heavy atom. The number of hydrogen-bond acceptors (Lipinski definition) is 5. The highest BCUT2D eigenvalue weighted by molar-refractivity contribution is 5.85. The van der Waals surface area contributed by atoms with Crippen LogP contribution >= 0.6 is 12.4 Å². The van der Waals surface area contributed by atoms with E-state index in [0.717, 1.165) is 37.6 Å². The molecule has 4 rings (SSSR count). The van der Waals surface area contributed by atoms with E-state index >= 15 is 4.48 Å². The smallest absolute Gasteiger partial charge is 0.303 e. The highest BCUT2D eigenvalue weighted by Crippen LogP contribution is 2.26. The number of imidazole rings is 1. The lowest BCUT2D eigenvalue weighted by atomic mass is 9.95. The van der Waals surface area contributed by atoms with Crippen molar-refractivity contribution in [1.82, 2.24) is 30.4 Å². The summed E-state index contributed by atoms with van der Waals surface area (Å²) in [7, 11) is 0. The van der Waals surface area contributed by atoms with Gasteiger partial charge in [-0.05, 0) is 30.1 Å². The van der Waals surface area contributed by atoms with Crippen molar-refractivity contribution in [2.75, 3.05) is 19.6 Å². The summed E-state index contributed by atoms with van der Waals surface area (Å²) < 4.78 is 15.0. The molecule has 2 aromatic heterocycles. The summed E-state index contributed by atoms with van der Waals surface area (Å²) in [6.07, 6.45) is 3.66. The van der Waals surface area contributed by atoms with Crippen molar-refractivity contribution in [3.8, 4) is 0 Å². The first-order valence-corrected chi connectivity index (χ1v) is 11.7. The minimum atomic E-state index is -0.930. The van der Waals surface area contributed by atoms with Gasteiger partial charge < -0.3 is 20.6 Å². The first-order valence-electron chi connectivity index (χ1n) is 11.7. The number of piperazine rings is 1. The van der Waals surface area contributed by atoms with E-state index < -0.39 is 11.1 Å². The van der Waals surface area contributed by atoms with Gasteiger partial charge >= 0.3 is 5.56 Å². The van der Waals surface area contributed by atoms with Gasteiger partial charge in [0.1, 0.15) is 16.5 Å². The summed E-state index contributed by atoms with van der Waals surface area (Å²) in [5, 5.41) is 6.42. The number of rotatable bonds is 6. The molecule has 0 bridgehead atoms. The third kappa shape index (κ3) is 5.80. The third-order valence-corrected chi connectivity index (χ3v) is 6.19. The number of H-pyrrole nitrogens is 2. The van der Waals surface area contributed by atoms with Gasteiger partial charge in [0.05, 0.1) is 5.69 Å². The van der Waals surface area contributed by atoms with Gasteiger partial charge in [-0.2, -0.15) is 0 Å². The van der Waals surface area contributed by atoms with Crippen LogP contribution in [0.4, 0.5) is 4.48 Å². The fraction of sp³-hybridized carbons (Fsp3) is 0.400. The van der Waals surface area contributed by atoms with Gasteiger partial charge in [-0.3, -0.25) is 9.59 Å². The zero-order valence-electron chi connectivity index (χ0n) is 20.1. The number of aromatic nitrogens is 4. The highest BCUT2D eigenvalue weighted by Gasteiger charge is 2.27. The lowest BCUT2D eigenvalue weighted by molar-refractivity contribution is 0.333. The predicted octanol–water partition coefficient (Wildman–Crippen LogP) is 1.25. The van der Waals surface area contributed by atoms with Crippen LogP contribution in [0.2, 0.25) is 0 Å². The Morgan fingerprint density at radius 3 is 2.51 bits per heavy atom. The Hall–Kier alpha value is -3.01. The molecule has 3 heterocycles. The maximum atomic E-state index is 15.0. The zero-order chi connectivity index (χ0) is 24.2. The molecule has 35 heavy (non-hydrogen) atoms. The third-order valence-electron chi connectivity index (χ3n) is 6.19. The van der Waals surface area contributed by atoms with Crippen LogP contribution < -0.4 is 32.5 Å². The molecule has 0 saturated carbocycles. The van der Waals surface area contributed by atoms with Crippen LogP contribution in [0.25, 0.3) is 12.2 Å². The fourth-order valence-electron chi connectivity index (χ4n) is 4.38. The fourth-order valence-corrected chi connectivity index (χ4v) is 4.38. The SMILES string of the molecule is CCC(c1nc(C=c2c(=O)[nH]c(=Cc3ccccc3)c(=O)n2F)c(C(C)C)[nH]1)C1CNCCN1.Cl. The molecule has 8 nitrogen and oxygen atoms in total. The summed E-state index contributed by atoms with van der Waals surface area (Å²) >= 11 is 0. The Labute approximate surface area is 208 Å². The van der Waals surface area contributed by atoms with E-state index in [1.807, 2.05) is 19.9 Å². The van der Waals surface area contributed by atoms with Crippen LogP contribution in [-0.2, 0) is 0 Å². The van der Waals surface area contributed by atoms with Crippen LogP contribution in [0.5, 0.6) is 0 Å². The van der Waals surface area contributed by atoms with Crippen molar-refractivity contribution in [2.24, 2.45) is 0 Å². The summed E-state index contributed by atoms with van der Waals surface area (Å²) in [5.41, 5.74) is 0.309. The monoisotopic (exact) mass is 502 g/mol. The molecular weight excluding hydrogens is 471 g/mol. The zero-order valence-corrected chi connectivity index (χ0v) is 20.9. The molecule has 0 radical (unpaired) electrons. The standard InChI is InChI=1S/C25H31FN6O2.ClH/c1-4-17(20-14-27-10-11-28-20)23-29-18(22(31-23)15(2)3)13-21-24(33)30-19(25(34)32(21)26)12-16-8-6-5-7-9-16;/h5-9,12-13,15,17,20,27-28H,4,10-11,14H2,1-3H3,(H,29,31)(H,30,33);1H. The van der Waals surface area contributed by atoms with E-state index in [4.69, 9.17) is 4.98 Å². The van der Waals surface area contributed by atoms with Gasteiger partial charge in [0.25, 0.3) is 5.56 Å². The molecule has 4 N–H and O–H groups in total. The molecule has 2 atom stereocenters. The molecule has 1 fully saturated rings. The molecule has 1 saturated heterocycles. The molecule has 188 valence electrons. The minimum absolute atomic E-state index is 0. The number of aromatic amines is 2. The maximum Gasteiger partial charge on any atom is 0.303 e. The summed E-state index contributed by atoms with van der Waals surface area (Å²) in [6.45, 7) is 8.75. The van der Waals surface area contributed by atoms with Crippen molar-refractivity contribution in [2.45, 2.75) is 45.1 Å². The normalized spacial score (nSPS) is 18.0. The Bertz CT molecular complexity index is 1370. The molecule has 0 spiro atoms. The summed E-state index contributed by atoms with van der Waals surface area (Å²) in [4.78, 5) is 36.0. The summed E-state index contributed by atoms with van der Waals surface area (Å²) in [5.74, 6) is 0.977. The second kappa shape index (κ2) is 11.6. The van der Waals surface area contributed by atoms with E-state index in [0.29, 0.717) is 11.3 Å². The topological polar surface area (TPSA) is 108 Å². The molecule has 1 aromatic carbocycles. The number of benzene rings is 1. The Morgan fingerprint density at radius 1 is 1.14 bits per heavy atom. The van der Waals surface area contributed by atoms with Gasteiger partial charge in [-0.15, -0.1) is 17.2 Å². The number of nitrogens with one attached hydrogen (secondary N) is 4. The van der Waals surface area contributed by atoms with Crippen LogP contribution in [0.3, 0.4) is 0 Å². The lowest BCUT2D eigenvalue weighted by Crippen LogP contribution is -2.51. The number of hydrogen-bond donors (Lipinski definition) is 4. The van der Waals surface area contributed by atoms with Gasteiger partial charge in [0, 0.05) is 37.3 Å². The number of halogens is 2. The maximum absolute atomic E-state index is 15.0. The van der Waals surface area contributed by atoms with Crippen molar-refractivity contribution in [3.05, 3.63) is 84.5 Å². The van der Waals surface area contributed by atoms with Gasteiger partial charge in [0.15, 0.2) is 0 Å². The Balaban J connectivity index is 0.00000342. The van der Waals surface area contributed by atoms with Crippen molar-refractivity contribution in [1.29, 1.82) is 0 Å². The number of nitrogens with zero attached hydrogens (tertiary/aromatic N) is 2. The second-order valence-electron chi connectivity index (χ2n) is 8.89. The van der Waals surface area contributed by atoms with E-state index in [2.05, 4.69) is 27.5 Å². The van der Waals surface area contributed by atoms with E-state index in [1.165, 1.54) is 12.2 Å². The van der Waals surface area contributed by atoms with Crippen LogP contribution in [0.15, 0.2) is 39.9 Å². The Kier molecular flexibility index (Phi) is 8.82. The van der Waals surface area contributed by atoms with Crippen molar-refractivity contribution in [3.63, 3.8) is 0 Å². The predicted molar refractivity (Wildman–Crippen MR) is 138 cm³/mol. The molecule has 10 heteroatoms. The van der Waals surface area contributed by atoms with Crippen molar-refractivity contribution < 1.29 is 4.48 Å². The van der Waals surface area contributed by atoms with Gasteiger partial charge in [0.2, 0.25) is 0 Å².